The highest BCUT2D eigenvalue weighted by molar-refractivity contribution is 7.10. The molecule has 0 spiro atoms. The number of hydrogen-bond donors (Lipinski definition) is 1. The van der Waals surface area contributed by atoms with Gasteiger partial charge in [-0.3, -0.25) is 4.79 Å². The van der Waals surface area contributed by atoms with Gasteiger partial charge in [0.05, 0.1) is 5.57 Å². The molecular weight excluding hydrogens is 228 g/mol. The Balaban J connectivity index is 2.13. The van der Waals surface area contributed by atoms with Gasteiger partial charge in [0.1, 0.15) is 6.61 Å². The van der Waals surface area contributed by atoms with Crippen molar-refractivity contribution in [1.82, 2.24) is 0 Å². The van der Waals surface area contributed by atoms with E-state index in [0.29, 0.717) is 0 Å². The van der Waals surface area contributed by atoms with Crippen molar-refractivity contribution < 1.29 is 19.4 Å². The van der Waals surface area contributed by atoms with Gasteiger partial charge in [-0.1, -0.05) is 6.07 Å². The fraction of sp³-hybridized carbons (Fsp3) is 0.0909. The number of aliphatic hydroxyl groups excluding tert-OH is 1. The molecule has 5 heteroatoms. The summed E-state index contributed by atoms with van der Waals surface area (Å²) in [5, 5.41) is 11.1. The summed E-state index contributed by atoms with van der Waals surface area (Å²) in [6, 6.07) is 3.73. The van der Waals surface area contributed by atoms with Crippen molar-refractivity contribution in [1.29, 1.82) is 0 Å². The zero-order chi connectivity index (χ0) is 11.5. The van der Waals surface area contributed by atoms with Gasteiger partial charge in [-0.2, -0.15) is 0 Å². The van der Waals surface area contributed by atoms with Gasteiger partial charge >= 0.3 is 5.97 Å². The van der Waals surface area contributed by atoms with E-state index in [2.05, 4.69) is 4.74 Å². The number of rotatable bonds is 3. The molecule has 0 fully saturated rings. The van der Waals surface area contributed by atoms with Crippen LogP contribution in [0.5, 0.6) is 0 Å². The van der Waals surface area contributed by atoms with E-state index in [1.165, 1.54) is 17.4 Å². The summed E-state index contributed by atoms with van der Waals surface area (Å²) < 4.78 is 4.52. The third kappa shape index (κ3) is 2.04. The number of aliphatic hydroxyl groups is 1. The Kier molecular flexibility index (Phi) is 2.87. The molecule has 1 aromatic rings. The van der Waals surface area contributed by atoms with E-state index in [0.717, 1.165) is 4.88 Å². The van der Waals surface area contributed by atoms with Gasteiger partial charge < -0.3 is 9.84 Å². The number of hydrogen-bond acceptors (Lipinski definition) is 5. The molecule has 1 aliphatic rings. The Bertz CT molecular complexity index is 482. The van der Waals surface area contributed by atoms with Gasteiger partial charge in [-0.05, 0) is 23.6 Å². The summed E-state index contributed by atoms with van der Waals surface area (Å²) in [5.41, 5.74) is 0.0119. The van der Waals surface area contributed by atoms with Gasteiger partial charge in [0.15, 0.2) is 5.78 Å². The van der Waals surface area contributed by atoms with Gasteiger partial charge in [0, 0.05) is 4.88 Å². The van der Waals surface area contributed by atoms with Gasteiger partial charge in [0.25, 0.3) is 0 Å². The lowest BCUT2D eigenvalue weighted by atomic mass is 10.1. The number of ketones is 1. The minimum atomic E-state index is -0.840. The first-order chi connectivity index (χ1) is 7.68. The molecule has 0 bridgehead atoms. The number of cyclic esters (lactones) is 1. The van der Waals surface area contributed by atoms with Crippen LogP contribution in [0.4, 0.5) is 0 Å². The Morgan fingerprint density at radius 1 is 1.56 bits per heavy atom. The standard InChI is InChI=1S/C11H8O4S/c12-9(4-3-7-2-1-5-16-7)8-6-15-11(14)10(8)13/h1-5,13H,6H2/b4-3+. The summed E-state index contributed by atoms with van der Waals surface area (Å²) in [6.45, 7) is -0.154. The number of allylic oxidation sites excluding steroid dienone is 1. The molecular formula is C11H8O4S. The van der Waals surface area contributed by atoms with Crippen molar-refractivity contribution in [3.05, 3.63) is 39.8 Å². The first kappa shape index (κ1) is 10.6. The summed E-state index contributed by atoms with van der Waals surface area (Å²) in [7, 11) is 0. The van der Waals surface area contributed by atoms with Crippen molar-refractivity contribution in [2.75, 3.05) is 6.61 Å². The molecule has 0 saturated carbocycles. The first-order valence-electron chi connectivity index (χ1n) is 4.53. The van der Waals surface area contributed by atoms with Crippen molar-refractivity contribution >= 4 is 29.2 Å². The monoisotopic (exact) mass is 236 g/mol. The van der Waals surface area contributed by atoms with E-state index in [1.54, 1.807) is 6.08 Å². The van der Waals surface area contributed by atoms with Gasteiger partial charge in [-0.25, -0.2) is 4.79 Å². The lowest BCUT2D eigenvalue weighted by Gasteiger charge is -1.92. The number of carbonyl (C=O) groups is 2. The Morgan fingerprint density at radius 2 is 2.38 bits per heavy atom. The molecule has 0 saturated heterocycles. The van der Waals surface area contributed by atoms with Gasteiger partial charge in [0.2, 0.25) is 5.76 Å². The fourth-order valence-electron chi connectivity index (χ4n) is 1.23. The van der Waals surface area contributed by atoms with E-state index in [-0.39, 0.29) is 12.2 Å². The van der Waals surface area contributed by atoms with Crippen LogP contribution in [0.3, 0.4) is 0 Å². The maximum Gasteiger partial charge on any atom is 0.374 e. The Hall–Kier alpha value is -1.88. The second kappa shape index (κ2) is 4.32. The van der Waals surface area contributed by atoms with Crippen LogP contribution in [-0.2, 0) is 14.3 Å². The molecule has 0 atom stereocenters. The number of thiophene rings is 1. The molecule has 0 aromatic carbocycles. The molecule has 4 nitrogen and oxygen atoms in total. The normalized spacial score (nSPS) is 15.9. The van der Waals surface area contributed by atoms with Crippen LogP contribution in [0.1, 0.15) is 4.88 Å². The third-order valence-electron chi connectivity index (χ3n) is 2.07. The summed E-state index contributed by atoms with van der Waals surface area (Å²) in [5.74, 6) is -1.83. The molecule has 16 heavy (non-hydrogen) atoms. The van der Waals surface area contributed by atoms with Crippen LogP contribution < -0.4 is 0 Å². The topological polar surface area (TPSA) is 63.6 Å². The lowest BCUT2D eigenvalue weighted by Crippen LogP contribution is -2.02. The molecule has 2 rings (SSSR count). The maximum absolute atomic E-state index is 11.6. The van der Waals surface area contributed by atoms with E-state index >= 15 is 0 Å². The highest BCUT2D eigenvalue weighted by Crippen LogP contribution is 2.16. The van der Waals surface area contributed by atoms with Gasteiger partial charge in [-0.15, -0.1) is 11.3 Å². The van der Waals surface area contributed by atoms with E-state index in [4.69, 9.17) is 0 Å². The largest absolute Gasteiger partial charge is 0.501 e. The zero-order valence-corrected chi connectivity index (χ0v) is 8.99. The lowest BCUT2D eigenvalue weighted by molar-refractivity contribution is -0.138. The van der Waals surface area contributed by atoms with Crippen LogP contribution in [0.2, 0.25) is 0 Å². The second-order valence-electron chi connectivity index (χ2n) is 3.12. The molecule has 1 N–H and O–H groups in total. The second-order valence-corrected chi connectivity index (χ2v) is 4.10. The molecule has 1 aromatic heterocycles. The van der Waals surface area contributed by atoms with Crippen LogP contribution in [0, 0.1) is 0 Å². The molecule has 0 aliphatic carbocycles. The minimum Gasteiger partial charge on any atom is -0.501 e. The molecule has 2 heterocycles. The average Bonchev–Trinajstić information content (AvgIpc) is 2.88. The highest BCUT2D eigenvalue weighted by atomic mass is 32.1. The predicted octanol–water partition coefficient (Wildman–Crippen LogP) is 1.70. The highest BCUT2D eigenvalue weighted by Gasteiger charge is 2.27. The third-order valence-corrected chi connectivity index (χ3v) is 2.90. The van der Waals surface area contributed by atoms with E-state index in [1.807, 2.05) is 17.5 Å². The SMILES string of the molecule is O=C(/C=C/c1cccs1)C1=C(O)C(=O)OC1. The molecule has 0 amide bonds. The number of esters is 1. The number of carbonyl (C=O) groups excluding carboxylic acids is 2. The van der Waals surface area contributed by atoms with E-state index < -0.39 is 17.5 Å². The fourth-order valence-corrected chi connectivity index (χ4v) is 1.85. The smallest absolute Gasteiger partial charge is 0.374 e. The van der Waals surface area contributed by atoms with Crippen molar-refractivity contribution in [3.8, 4) is 0 Å². The van der Waals surface area contributed by atoms with Crippen molar-refractivity contribution in [3.63, 3.8) is 0 Å². The predicted molar refractivity (Wildman–Crippen MR) is 59.0 cm³/mol. The average molecular weight is 236 g/mol. The Labute approximate surface area is 95.5 Å². The molecule has 82 valence electrons. The maximum atomic E-state index is 11.6. The Morgan fingerprint density at radius 3 is 2.94 bits per heavy atom. The summed E-state index contributed by atoms with van der Waals surface area (Å²) in [4.78, 5) is 23.3. The summed E-state index contributed by atoms with van der Waals surface area (Å²) >= 11 is 1.49. The molecule has 0 unspecified atom stereocenters. The minimum absolute atomic E-state index is 0.0119. The quantitative estimate of drug-likeness (QED) is 0.641. The van der Waals surface area contributed by atoms with Crippen molar-refractivity contribution in [2.45, 2.75) is 0 Å². The first-order valence-corrected chi connectivity index (χ1v) is 5.41. The van der Waals surface area contributed by atoms with Crippen LogP contribution in [-0.4, -0.2) is 23.5 Å². The zero-order valence-electron chi connectivity index (χ0n) is 8.17. The summed E-state index contributed by atoms with van der Waals surface area (Å²) in [6.07, 6.45) is 2.95. The number of ether oxygens (including phenoxy) is 1. The van der Waals surface area contributed by atoms with Crippen LogP contribution >= 0.6 is 11.3 Å². The van der Waals surface area contributed by atoms with Crippen molar-refractivity contribution in [2.24, 2.45) is 0 Å². The van der Waals surface area contributed by atoms with E-state index in [9.17, 15) is 14.7 Å². The molecule has 0 radical (unpaired) electrons. The van der Waals surface area contributed by atoms with Crippen LogP contribution in [0.15, 0.2) is 34.9 Å². The molecule has 1 aliphatic heterocycles. The van der Waals surface area contributed by atoms with Crippen LogP contribution in [0.25, 0.3) is 6.08 Å².